The van der Waals surface area contributed by atoms with Crippen LogP contribution in [0.2, 0.25) is 0 Å². The summed E-state index contributed by atoms with van der Waals surface area (Å²) in [5.74, 6) is -3.35. The quantitative estimate of drug-likeness (QED) is 0.594. The van der Waals surface area contributed by atoms with Gasteiger partial charge in [-0.2, -0.15) is 26.3 Å². The number of aromatic nitrogens is 3. The minimum absolute atomic E-state index is 0.165. The fourth-order valence-electron chi connectivity index (χ4n) is 4.15. The van der Waals surface area contributed by atoms with Gasteiger partial charge < -0.3 is 10.0 Å². The molecule has 190 valence electrons. The molecular formula is C19H16F6N4O5S. The number of carboxylic acids is 1. The van der Waals surface area contributed by atoms with Crippen LogP contribution in [0.5, 0.6) is 0 Å². The second-order valence-corrected chi connectivity index (χ2v) is 10.5. The molecular weight excluding hydrogens is 510 g/mol. The summed E-state index contributed by atoms with van der Waals surface area (Å²) in [5, 5.41) is 14.6. The average Bonchev–Trinajstić information content (AvgIpc) is 3.20. The molecule has 2 aromatic rings. The summed E-state index contributed by atoms with van der Waals surface area (Å²) in [6.45, 7) is -0.988. The monoisotopic (exact) mass is 526 g/mol. The third-order valence-electron chi connectivity index (χ3n) is 6.21. The molecule has 0 spiro atoms. The summed E-state index contributed by atoms with van der Waals surface area (Å²) in [7, 11) is -4.94. The van der Waals surface area contributed by atoms with Crippen LogP contribution in [0.4, 0.5) is 26.3 Å². The van der Waals surface area contributed by atoms with Gasteiger partial charge in [0.1, 0.15) is 11.5 Å². The molecule has 35 heavy (non-hydrogen) atoms. The van der Waals surface area contributed by atoms with Crippen molar-refractivity contribution in [2.75, 3.05) is 6.54 Å². The molecule has 2 heterocycles. The van der Waals surface area contributed by atoms with Crippen LogP contribution in [-0.2, 0) is 25.6 Å². The number of sulfone groups is 1. The Bertz CT molecular complexity index is 1270. The van der Waals surface area contributed by atoms with Crippen LogP contribution in [0.3, 0.4) is 0 Å². The first-order valence-electron chi connectivity index (χ1n) is 10.0. The van der Waals surface area contributed by atoms with Crippen LogP contribution in [-0.4, -0.2) is 69.3 Å². The van der Waals surface area contributed by atoms with E-state index in [-0.39, 0.29) is 5.69 Å². The molecule has 1 aromatic carbocycles. The Morgan fingerprint density at radius 2 is 1.77 bits per heavy atom. The fourth-order valence-corrected chi connectivity index (χ4v) is 6.05. The lowest BCUT2D eigenvalue weighted by Gasteiger charge is -2.28. The Hall–Kier alpha value is -3.17. The topological polar surface area (TPSA) is 122 Å². The maximum absolute atomic E-state index is 13.8. The highest BCUT2D eigenvalue weighted by atomic mass is 32.2. The van der Waals surface area contributed by atoms with Crippen molar-refractivity contribution < 1.29 is 49.5 Å². The molecule has 0 bridgehead atoms. The summed E-state index contributed by atoms with van der Waals surface area (Å²) < 4.78 is 109. The summed E-state index contributed by atoms with van der Waals surface area (Å²) in [6, 6.07) is 0.252. The fraction of sp³-hybridized carbons (Fsp3) is 0.474. The first kappa shape index (κ1) is 24.9. The van der Waals surface area contributed by atoms with Gasteiger partial charge in [0.05, 0.1) is 33.8 Å². The number of benzene rings is 1. The Labute approximate surface area is 193 Å². The van der Waals surface area contributed by atoms with E-state index in [2.05, 4.69) is 10.3 Å². The lowest BCUT2D eigenvalue weighted by atomic mass is 10.0. The maximum Gasteiger partial charge on any atom is 0.417 e. The van der Waals surface area contributed by atoms with Gasteiger partial charge in [-0.3, -0.25) is 4.79 Å². The normalized spacial score (nSPS) is 22.3. The molecule has 1 aromatic heterocycles. The number of carbonyl (C=O) groups excluding carboxylic acids is 1. The van der Waals surface area contributed by atoms with Crippen LogP contribution in [0.15, 0.2) is 35.5 Å². The number of amides is 1. The van der Waals surface area contributed by atoms with Gasteiger partial charge in [0, 0.05) is 6.54 Å². The average molecular weight is 526 g/mol. The third-order valence-corrected chi connectivity index (χ3v) is 8.40. The van der Waals surface area contributed by atoms with Crippen molar-refractivity contribution in [1.82, 2.24) is 19.9 Å². The van der Waals surface area contributed by atoms with Crippen LogP contribution >= 0.6 is 0 Å². The molecule has 0 radical (unpaired) electrons. The van der Waals surface area contributed by atoms with E-state index in [9.17, 15) is 49.5 Å². The number of halogens is 6. The molecule has 1 N–H and O–H groups in total. The molecule has 4 rings (SSSR count). The van der Waals surface area contributed by atoms with Crippen molar-refractivity contribution in [2.24, 2.45) is 5.41 Å². The summed E-state index contributed by atoms with van der Waals surface area (Å²) >= 11 is 0. The van der Waals surface area contributed by atoms with E-state index >= 15 is 0 Å². The number of aliphatic carboxylic acids is 1. The van der Waals surface area contributed by atoms with Crippen LogP contribution in [0, 0.1) is 5.41 Å². The molecule has 1 aliphatic carbocycles. The number of carboxylic acid groups (broad SMARTS) is 1. The zero-order chi connectivity index (χ0) is 26.0. The number of hydrogen-bond acceptors (Lipinski definition) is 6. The summed E-state index contributed by atoms with van der Waals surface area (Å²) in [5.41, 5.74) is -4.55. The van der Waals surface area contributed by atoms with Gasteiger partial charge in [0.15, 0.2) is 9.84 Å². The van der Waals surface area contributed by atoms with E-state index in [1.54, 1.807) is 0 Å². The van der Waals surface area contributed by atoms with Gasteiger partial charge in [-0.25, -0.2) is 17.9 Å². The number of likely N-dealkylation sites (tertiary alicyclic amines) is 1. The minimum Gasteiger partial charge on any atom is -0.480 e. The van der Waals surface area contributed by atoms with Crippen LogP contribution < -0.4 is 0 Å². The first-order chi connectivity index (χ1) is 16.1. The van der Waals surface area contributed by atoms with Crippen molar-refractivity contribution in [1.29, 1.82) is 0 Å². The summed E-state index contributed by atoms with van der Waals surface area (Å²) in [6.07, 6.45) is -9.77. The third kappa shape index (κ3) is 4.12. The van der Waals surface area contributed by atoms with E-state index in [1.165, 1.54) is 12.4 Å². The van der Waals surface area contributed by atoms with Gasteiger partial charge in [0.2, 0.25) is 5.91 Å². The van der Waals surface area contributed by atoms with E-state index in [4.69, 9.17) is 0 Å². The molecule has 2 atom stereocenters. The molecule has 1 amide bonds. The molecule has 1 saturated heterocycles. The Kier molecular flexibility index (Phi) is 5.65. The van der Waals surface area contributed by atoms with Gasteiger partial charge in [0.25, 0.3) is 0 Å². The van der Waals surface area contributed by atoms with Crippen LogP contribution in [0.1, 0.15) is 24.8 Å². The highest BCUT2D eigenvalue weighted by molar-refractivity contribution is 7.92. The molecule has 1 saturated carbocycles. The highest BCUT2D eigenvalue weighted by Crippen LogP contribution is 2.59. The lowest BCUT2D eigenvalue weighted by molar-refractivity contribution is -0.199. The highest BCUT2D eigenvalue weighted by Gasteiger charge is 2.70. The number of nitrogens with zero attached hydrogens (tertiary/aromatic N) is 4. The molecule has 0 unspecified atom stereocenters. The van der Waals surface area contributed by atoms with Crippen molar-refractivity contribution >= 4 is 21.7 Å². The second kappa shape index (κ2) is 7.93. The zero-order valence-electron chi connectivity index (χ0n) is 17.4. The van der Waals surface area contributed by atoms with E-state index in [0.29, 0.717) is 17.0 Å². The second-order valence-electron chi connectivity index (χ2n) is 8.32. The number of rotatable bonds is 5. The minimum atomic E-state index is -5.16. The lowest BCUT2D eigenvalue weighted by Crippen LogP contribution is -2.48. The van der Waals surface area contributed by atoms with Gasteiger partial charge >= 0.3 is 18.3 Å². The van der Waals surface area contributed by atoms with Crippen molar-refractivity contribution in [3.05, 3.63) is 36.2 Å². The standard InChI is InChI=1S/C19H16F6N4O5S/c20-18(21,22)12-7-10(29-6-5-26-27-29)1-2-14(12)35(33,34)11-8-13(15(30)31)28(9-11)16(32)17(3-4-17)19(23,24)25/h1-2,5-7,11,13H,3-4,8-9H2,(H,30,31)/t11-,13+/m1/s1. The smallest absolute Gasteiger partial charge is 0.417 e. The number of carbonyl (C=O) groups is 2. The Morgan fingerprint density at radius 3 is 2.26 bits per heavy atom. The van der Waals surface area contributed by atoms with Gasteiger partial charge in [-0.05, 0) is 37.5 Å². The molecule has 9 nitrogen and oxygen atoms in total. The van der Waals surface area contributed by atoms with Crippen molar-refractivity contribution in [2.45, 2.75) is 47.8 Å². The molecule has 2 fully saturated rings. The van der Waals surface area contributed by atoms with Crippen LogP contribution in [0.25, 0.3) is 5.69 Å². The largest absolute Gasteiger partial charge is 0.480 e. The predicted molar refractivity (Wildman–Crippen MR) is 103 cm³/mol. The summed E-state index contributed by atoms with van der Waals surface area (Å²) in [4.78, 5) is 23.4. The molecule has 2 aliphatic rings. The first-order valence-corrected chi connectivity index (χ1v) is 11.6. The van der Waals surface area contributed by atoms with Gasteiger partial charge in [-0.1, -0.05) is 5.21 Å². The van der Waals surface area contributed by atoms with E-state index < -0.39 is 87.0 Å². The Balaban J connectivity index is 1.72. The zero-order valence-corrected chi connectivity index (χ0v) is 18.2. The van der Waals surface area contributed by atoms with E-state index in [0.717, 1.165) is 10.7 Å². The van der Waals surface area contributed by atoms with Crippen molar-refractivity contribution in [3.8, 4) is 5.69 Å². The van der Waals surface area contributed by atoms with E-state index in [1.807, 2.05) is 0 Å². The number of hydrogen-bond donors (Lipinski definition) is 1. The van der Waals surface area contributed by atoms with Gasteiger partial charge in [-0.15, -0.1) is 5.10 Å². The molecule has 16 heteroatoms. The van der Waals surface area contributed by atoms with Crippen molar-refractivity contribution in [3.63, 3.8) is 0 Å². The molecule has 1 aliphatic heterocycles. The number of alkyl halides is 6. The maximum atomic E-state index is 13.8. The predicted octanol–water partition coefficient (Wildman–Crippen LogP) is 2.46. The SMILES string of the molecule is O=C(O)[C@@H]1C[C@@H](S(=O)(=O)c2ccc(-n3ccnn3)cc2C(F)(F)F)CN1C(=O)C1(C(F)(F)F)CC1. The Morgan fingerprint density at radius 1 is 1.11 bits per heavy atom.